The molecule has 0 aliphatic carbocycles. The predicted molar refractivity (Wildman–Crippen MR) is 37.1 cm³/mol. The Morgan fingerprint density at radius 1 is 1.58 bits per heavy atom. The smallest absolute Gasteiger partial charge is 0.326 e. The number of rotatable bonds is 1. The SMILES string of the molecule is [2H]C([2H])(N)c1ccnc(C(F)(F)F)c1. The molecule has 2 N–H and O–H groups in total. The Balaban J connectivity index is 3.15. The normalized spacial score (nSPS) is 15.3. The van der Waals surface area contributed by atoms with E-state index in [-0.39, 0.29) is 5.56 Å². The van der Waals surface area contributed by atoms with Crippen LogP contribution in [0.25, 0.3) is 0 Å². The molecule has 2 nitrogen and oxygen atoms in total. The minimum atomic E-state index is -4.58. The number of hydrogen-bond acceptors (Lipinski definition) is 2. The highest BCUT2D eigenvalue weighted by Crippen LogP contribution is 2.27. The third kappa shape index (κ3) is 1.94. The number of pyridine rings is 1. The van der Waals surface area contributed by atoms with Crippen LogP contribution in [-0.2, 0) is 12.7 Å². The van der Waals surface area contributed by atoms with Crippen molar-refractivity contribution in [3.63, 3.8) is 0 Å². The fourth-order valence-electron chi connectivity index (χ4n) is 0.675. The van der Waals surface area contributed by atoms with E-state index in [4.69, 9.17) is 8.48 Å². The van der Waals surface area contributed by atoms with Crippen molar-refractivity contribution in [2.24, 2.45) is 5.73 Å². The molecule has 0 amide bonds. The zero-order chi connectivity index (χ0) is 11.0. The number of aromatic nitrogens is 1. The zero-order valence-corrected chi connectivity index (χ0v) is 5.89. The maximum atomic E-state index is 12.1. The van der Waals surface area contributed by atoms with Crippen molar-refractivity contribution < 1.29 is 15.9 Å². The Morgan fingerprint density at radius 2 is 2.25 bits per heavy atom. The van der Waals surface area contributed by atoms with Crippen LogP contribution >= 0.6 is 0 Å². The fraction of sp³-hybridized carbons (Fsp3) is 0.286. The molecular weight excluding hydrogens is 169 g/mol. The summed E-state index contributed by atoms with van der Waals surface area (Å²) in [5.74, 6) is 0. The lowest BCUT2D eigenvalue weighted by Gasteiger charge is -2.05. The lowest BCUT2D eigenvalue weighted by Crippen LogP contribution is -2.09. The number of nitrogens with two attached hydrogens (primary N) is 1. The van der Waals surface area contributed by atoms with Crippen molar-refractivity contribution in [2.75, 3.05) is 0 Å². The zero-order valence-electron chi connectivity index (χ0n) is 7.89. The number of hydrogen-bond donors (Lipinski definition) is 1. The molecule has 66 valence electrons. The molecule has 1 aromatic heterocycles. The first-order valence-corrected chi connectivity index (χ1v) is 3.04. The Bertz CT molecular complexity index is 303. The van der Waals surface area contributed by atoms with Gasteiger partial charge in [0.1, 0.15) is 5.69 Å². The van der Waals surface area contributed by atoms with Crippen LogP contribution in [0.2, 0.25) is 0 Å². The lowest BCUT2D eigenvalue weighted by atomic mass is 10.2. The monoisotopic (exact) mass is 178 g/mol. The predicted octanol–water partition coefficient (Wildman–Crippen LogP) is 1.56. The van der Waals surface area contributed by atoms with Crippen LogP contribution in [-0.4, -0.2) is 4.98 Å². The third-order valence-electron chi connectivity index (χ3n) is 1.22. The second kappa shape index (κ2) is 3.10. The van der Waals surface area contributed by atoms with Crippen molar-refractivity contribution in [3.05, 3.63) is 29.6 Å². The number of alkyl halides is 3. The van der Waals surface area contributed by atoms with Gasteiger partial charge in [0.25, 0.3) is 0 Å². The second-order valence-electron chi connectivity index (χ2n) is 2.07. The maximum absolute atomic E-state index is 12.1. The Hall–Kier alpha value is -1.10. The Labute approximate surface area is 70.0 Å². The summed E-state index contributed by atoms with van der Waals surface area (Å²) in [7, 11) is 0. The average Bonchev–Trinajstić information content (AvgIpc) is 2.01. The Kier molecular flexibility index (Phi) is 1.66. The molecule has 0 unspecified atom stereocenters. The van der Waals surface area contributed by atoms with Crippen LogP contribution in [0.5, 0.6) is 0 Å². The molecular formula is C7H7F3N2. The van der Waals surface area contributed by atoms with Crippen LogP contribution in [0.3, 0.4) is 0 Å². The fourth-order valence-corrected chi connectivity index (χ4v) is 0.675. The van der Waals surface area contributed by atoms with Crippen LogP contribution < -0.4 is 5.73 Å². The minimum Gasteiger partial charge on any atom is -0.326 e. The van der Waals surface area contributed by atoms with Crippen molar-refractivity contribution in [3.8, 4) is 0 Å². The van der Waals surface area contributed by atoms with Gasteiger partial charge in [-0.15, -0.1) is 0 Å². The van der Waals surface area contributed by atoms with E-state index in [2.05, 4.69) is 4.98 Å². The highest BCUT2D eigenvalue weighted by Gasteiger charge is 2.32. The van der Waals surface area contributed by atoms with Crippen LogP contribution in [0.15, 0.2) is 18.3 Å². The van der Waals surface area contributed by atoms with Gasteiger partial charge < -0.3 is 5.73 Å². The molecule has 5 heteroatoms. The quantitative estimate of drug-likeness (QED) is 0.708. The lowest BCUT2D eigenvalue weighted by molar-refractivity contribution is -0.141. The van der Waals surface area contributed by atoms with Gasteiger partial charge in [-0.1, -0.05) is 0 Å². The minimum absolute atomic E-state index is 0.250. The second-order valence-corrected chi connectivity index (χ2v) is 2.07. The average molecular weight is 178 g/mol. The third-order valence-corrected chi connectivity index (χ3v) is 1.22. The molecule has 1 aromatic rings. The molecule has 0 saturated carbocycles. The van der Waals surface area contributed by atoms with Crippen molar-refractivity contribution in [2.45, 2.75) is 12.7 Å². The topological polar surface area (TPSA) is 38.9 Å². The molecule has 1 heterocycles. The molecule has 0 aliphatic heterocycles. The molecule has 0 fully saturated rings. The van der Waals surface area contributed by atoms with E-state index in [9.17, 15) is 13.2 Å². The number of nitrogens with zero attached hydrogens (tertiary/aromatic N) is 1. The van der Waals surface area contributed by atoms with E-state index in [1.165, 1.54) is 0 Å². The largest absolute Gasteiger partial charge is 0.433 e. The van der Waals surface area contributed by atoms with Crippen LogP contribution in [0, 0.1) is 0 Å². The van der Waals surface area contributed by atoms with E-state index in [0.29, 0.717) is 6.07 Å². The van der Waals surface area contributed by atoms with Crippen molar-refractivity contribution >= 4 is 0 Å². The summed E-state index contributed by atoms with van der Waals surface area (Å²) in [6, 6.07) is 1.70. The standard InChI is InChI=1S/C7H7F3N2/c8-7(9,10)6-3-5(4-11)1-2-12-6/h1-3H,4,11H2/i4D2. The molecule has 0 bridgehead atoms. The van der Waals surface area contributed by atoms with E-state index in [1.54, 1.807) is 0 Å². The van der Waals surface area contributed by atoms with E-state index in [0.717, 1.165) is 12.3 Å². The van der Waals surface area contributed by atoms with Crippen LogP contribution in [0.1, 0.15) is 14.0 Å². The molecule has 1 rings (SSSR count). The van der Waals surface area contributed by atoms with E-state index >= 15 is 0 Å². The van der Waals surface area contributed by atoms with Gasteiger partial charge in [0, 0.05) is 15.4 Å². The van der Waals surface area contributed by atoms with Crippen molar-refractivity contribution in [1.29, 1.82) is 0 Å². The van der Waals surface area contributed by atoms with E-state index in [1.807, 2.05) is 0 Å². The molecule has 0 atom stereocenters. The molecule has 0 saturated heterocycles. The summed E-state index contributed by atoms with van der Waals surface area (Å²) in [6.45, 7) is -2.29. The van der Waals surface area contributed by atoms with Gasteiger partial charge in [-0.2, -0.15) is 13.2 Å². The van der Waals surface area contributed by atoms with Gasteiger partial charge in [-0.25, -0.2) is 0 Å². The molecule has 0 spiro atoms. The summed E-state index contributed by atoms with van der Waals surface area (Å²) in [6.07, 6.45) is -3.70. The summed E-state index contributed by atoms with van der Waals surface area (Å²) >= 11 is 0. The van der Waals surface area contributed by atoms with Gasteiger partial charge in [0.05, 0.1) is 0 Å². The van der Waals surface area contributed by atoms with Gasteiger partial charge in [0.2, 0.25) is 0 Å². The van der Waals surface area contributed by atoms with Gasteiger partial charge in [-0.05, 0) is 17.7 Å². The number of halogens is 3. The van der Waals surface area contributed by atoms with Crippen LogP contribution in [0.4, 0.5) is 13.2 Å². The van der Waals surface area contributed by atoms with E-state index < -0.39 is 18.4 Å². The van der Waals surface area contributed by atoms with Gasteiger partial charge >= 0.3 is 6.18 Å². The molecule has 0 aromatic carbocycles. The first-order valence-electron chi connectivity index (χ1n) is 4.04. The highest BCUT2D eigenvalue weighted by molar-refractivity contribution is 5.17. The first kappa shape index (κ1) is 6.42. The Morgan fingerprint density at radius 3 is 2.75 bits per heavy atom. The summed E-state index contributed by atoms with van der Waals surface area (Å²) in [5.41, 5.74) is 3.61. The van der Waals surface area contributed by atoms with Crippen molar-refractivity contribution in [1.82, 2.24) is 4.98 Å². The highest BCUT2D eigenvalue weighted by atomic mass is 19.4. The summed E-state index contributed by atoms with van der Waals surface area (Å²) < 4.78 is 50.4. The first-order chi connectivity index (χ1) is 6.21. The molecule has 12 heavy (non-hydrogen) atoms. The summed E-state index contributed by atoms with van der Waals surface area (Å²) in [4.78, 5) is 3.08. The molecule has 0 aliphatic rings. The maximum Gasteiger partial charge on any atom is 0.433 e. The molecule has 0 radical (unpaired) electrons. The van der Waals surface area contributed by atoms with Gasteiger partial charge in [0.15, 0.2) is 0 Å². The van der Waals surface area contributed by atoms with Gasteiger partial charge in [-0.3, -0.25) is 4.98 Å². The summed E-state index contributed by atoms with van der Waals surface area (Å²) in [5, 5.41) is 0.